The van der Waals surface area contributed by atoms with Crippen LogP contribution in [0.1, 0.15) is 37.2 Å². The van der Waals surface area contributed by atoms with E-state index in [0.717, 1.165) is 24.8 Å². The molecule has 0 aliphatic carbocycles. The second-order valence-electron chi connectivity index (χ2n) is 6.28. The number of aromatic nitrogens is 4. The third-order valence-corrected chi connectivity index (χ3v) is 4.61. The zero-order valence-electron chi connectivity index (χ0n) is 13.9. The van der Waals surface area contributed by atoms with E-state index in [-0.39, 0.29) is 6.04 Å². The predicted molar refractivity (Wildman–Crippen MR) is 87.9 cm³/mol. The molecule has 0 bridgehead atoms. The van der Waals surface area contributed by atoms with Crippen LogP contribution in [0.15, 0.2) is 30.3 Å². The molecular weight excluding hydrogens is 290 g/mol. The van der Waals surface area contributed by atoms with Crippen LogP contribution in [-0.2, 0) is 11.3 Å². The molecule has 0 unspecified atom stereocenters. The summed E-state index contributed by atoms with van der Waals surface area (Å²) in [4.78, 5) is 2.50. The van der Waals surface area contributed by atoms with Gasteiger partial charge in [-0.15, -0.1) is 5.10 Å². The van der Waals surface area contributed by atoms with Crippen LogP contribution >= 0.6 is 0 Å². The molecule has 1 fully saturated rings. The maximum atomic E-state index is 5.19. The SMILES string of the molecule is COCCn1nnnc1[C@H](c1ccccc1)N1CCC(C)CC1. The summed E-state index contributed by atoms with van der Waals surface area (Å²) in [6.45, 7) is 5.77. The number of methoxy groups -OCH3 is 1. The highest BCUT2D eigenvalue weighted by Crippen LogP contribution is 2.30. The molecule has 6 heteroatoms. The molecule has 0 spiro atoms. The zero-order valence-corrected chi connectivity index (χ0v) is 13.9. The van der Waals surface area contributed by atoms with Crippen molar-refractivity contribution in [2.75, 3.05) is 26.8 Å². The molecule has 1 aliphatic heterocycles. The van der Waals surface area contributed by atoms with E-state index < -0.39 is 0 Å². The number of piperidine rings is 1. The Morgan fingerprint density at radius 3 is 2.65 bits per heavy atom. The highest BCUT2D eigenvalue weighted by atomic mass is 16.5. The summed E-state index contributed by atoms with van der Waals surface area (Å²) in [5.74, 6) is 1.70. The van der Waals surface area contributed by atoms with Crippen LogP contribution < -0.4 is 0 Å². The van der Waals surface area contributed by atoms with Crippen molar-refractivity contribution in [3.8, 4) is 0 Å². The average molecular weight is 315 g/mol. The van der Waals surface area contributed by atoms with E-state index >= 15 is 0 Å². The summed E-state index contributed by atoms with van der Waals surface area (Å²) >= 11 is 0. The smallest absolute Gasteiger partial charge is 0.173 e. The fraction of sp³-hybridized carbons (Fsp3) is 0.588. The number of rotatable bonds is 6. The van der Waals surface area contributed by atoms with Gasteiger partial charge in [-0.05, 0) is 47.8 Å². The van der Waals surface area contributed by atoms with E-state index in [9.17, 15) is 0 Å². The Balaban J connectivity index is 1.91. The van der Waals surface area contributed by atoms with Gasteiger partial charge in [-0.3, -0.25) is 4.90 Å². The van der Waals surface area contributed by atoms with Gasteiger partial charge in [-0.1, -0.05) is 37.3 Å². The highest BCUT2D eigenvalue weighted by molar-refractivity contribution is 5.24. The van der Waals surface area contributed by atoms with E-state index in [0.29, 0.717) is 13.2 Å². The number of benzene rings is 1. The van der Waals surface area contributed by atoms with Gasteiger partial charge in [0.05, 0.1) is 19.2 Å². The minimum absolute atomic E-state index is 0.107. The number of hydrogen-bond donors (Lipinski definition) is 0. The quantitative estimate of drug-likeness (QED) is 0.817. The lowest BCUT2D eigenvalue weighted by Crippen LogP contribution is -2.38. The van der Waals surface area contributed by atoms with Gasteiger partial charge in [0.2, 0.25) is 0 Å². The van der Waals surface area contributed by atoms with Gasteiger partial charge in [0.25, 0.3) is 0 Å². The van der Waals surface area contributed by atoms with E-state index in [1.165, 1.54) is 18.4 Å². The standard InChI is InChI=1S/C17H25N5O/c1-14-8-10-21(11-9-14)16(15-6-4-3-5-7-15)17-18-19-20-22(17)12-13-23-2/h3-7,14,16H,8-13H2,1-2H3/t16-/m0/s1. The lowest BCUT2D eigenvalue weighted by atomic mass is 9.95. The van der Waals surface area contributed by atoms with E-state index in [1.807, 2.05) is 10.7 Å². The van der Waals surface area contributed by atoms with Crippen molar-refractivity contribution in [2.45, 2.75) is 32.4 Å². The Kier molecular flexibility index (Phi) is 5.35. The van der Waals surface area contributed by atoms with Crippen LogP contribution in [0.2, 0.25) is 0 Å². The molecule has 2 aromatic rings. The van der Waals surface area contributed by atoms with Gasteiger partial charge in [-0.25, -0.2) is 4.68 Å². The molecule has 124 valence electrons. The summed E-state index contributed by atoms with van der Waals surface area (Å²) in [6.07, 6.45) is 2.45. The largest absolute Gasteiger partial charge is 0.383 e. The van der Waals surface area contributed by atoms with Crippen LogP contribution in [0.5, 0.6) is 0 Å². The number of nitrogens with zero attached hydrogens (tertiary/aromatic N) is 5. The summed E-state index contributed by atoms with van der Waals surface area (Å²) in [6, 6.07) is 10.6. The van der Waals surface area contributed by atoms with Crippen LogP contribution in [0.3, 0.4) is 0 Å². The van der Waals surface area contributed by atoms with Crippen LogP contribution in [-0.4, -0.2) is 51.9 Å². The molecule has 23 heavy (non-hydrogen) atoms. The van der Waals surface area contributed by atoms with Crippen molar-refractivity contribution in [3.63, 3.8) is 0 Å². The second kappa shape index (κ2) is 7.66. The van der Waals surface area contributed by atoms with E-state index in [1.54, 1.807) is 7.11 Å². The first kappa shape index (κ1) is 16.1. The van der Waals surface area contributed by atoms with E-state index in [4.69, 9.17) is 4.74 Å². The Morgan fingerprint density at radius 2 is 1.96 bits per heavy atom. The Bertz CT molecular complexity index is 592. The topological polar surface area (TPSA) is 56.1 Å². The minimum Gasteiger partial charge on any atom is -0.383 e. The number of hydrogen-bond acceptors (Lipinski definition) is 5. The zero-order chi connectivity index (χ0) is 16.1. The van der Waals surface area contributed by atoms with Gasteiger partial charge in [-0.2, -0.15) is 0 Å². The fourth-order valence-electron chi connectivity index (χ4n) is 3.19. The average Bonchev–Trinajstić information content (AvgIpc) is 3.04. The first-order valence-electron chi connectivity index (χ1n) is 8.33. The van der Waals surface area contributed by atoms with Crippen molar-refractivity contribution < 1.29 is 4.74 Å². The molecule has 0 amide bonds. The van der Waals surface area contributed by atoms with Crippen LogP contribution in [0.4, 0.5) is 0 Å². The third kappa shape index (κ3) is 3.76. The lowest BCUT2D eigenvalue weighted by molar-refractivity contribution is 0.144. The Labute approximate surface area is 137 Å². The fourth-order valence-corrected chi connectivity index (χ4v) is 3.19. The maximum Gasteiger partial charge on any atom is 0.173 e. The number of ether oxygens (including phenoxy) is 1. The molecule has 1 saturated heterocycles. The molecule has 1 aromatic heterocycles. The van der Waals surface area contributed by atoms with Crippen LogP contribution in [0, 0.1) is 5.92 Å². The highest BCUT2D eigenvalue weighted by Gasteiger charge is 2.30. The molecule has 2 heterocycles. The maximum absolute atomic E-state index is 5.19. The summed E-state index contributed by atoms with van der Waals surface area (Å²) in [5, 5.41) is 12.4. The van der Waals surface area contributed by atoms with Crippen molar-refractivity contribution >= 4 is 0 Å². The molecule has 1 aliphatic rings. The first-order chi connectivity index (χ1) is 11.3. The minimum atomic E-state index is 0.107. The van der Waals surface area contributed by atoms with Gasteiger partial charge < -0.3 is 4.74 Å². The van der Waals surface area contributed by atoms with Gasteiger partial charge in [0.1, 0.15) is 0 Å². The summed E-state index contributed by atoms with van der Waals surface area (Å²) < 4.78 is 7.06. The van der Waals surface area contributed by atoms with Crippen molar-refractivity contribution in [2.24, 2.45) is 5.92 Å². The number of tetrazole rings is 1. The molecule has 0 N–H and O–H groups in total. The third-order valence-electron chi connectivity index (χ3n) is 4.61. The van der Waals surface area contributed by atoms with Gasteiger partial charge >= 0.3 is 0 Å². The molecule has 0 radical (unpaired) electrons. The molecule has 1 atom stereocenters. The van der Waals surface area contributed by atoms with Crippen molar-refractivity contribution in [3.05, 3.63) is 41.7 Å². The molecule has 6 nitrogen and oxygen atoms in total. The van der Waals surface area contributed by atoms with E-state index in [2.05, 4.69) is 51.6 Å². The Morgan fingerprint density at radius 1 is 1.22 bits per heavy atom. The lowest BCUT2D eigenvalue weighted by Gasteiger charge is -2.36. The van der Waals surface area contributed by atoms with Gasteiger partial charge in [0.15, 0.2) is 5.82 Å². The van der Waals surface area contributed by atoms with Crippen molar-refractivity contribution in [1.29, 1.82) is 0 Å². The van der Waals surface area contributed by atoms with Crippen molar-refractivity contribution in [1.82, 2.24) is 25.1 Å². The van der Waals surface area contributed by atoms with Gasteiger partial charge in [0, 0.05) is 7.11 Å². The monoisotopic (exact) mass is 315 g/mol. The molecule has 0 saturated carbocycles. The first-order valence-corrected chi connectivity index (χ1v) is 8.33. The molecule has 1 aromatic carbocycles. The normalized spacial score (nSPS) is 18.2. The number of likely N-dealkylation sites (tertiary alicyclic amines) is 1. The second-order valence-corrected chi connectivity index (χ2v) is 6.28. The molecular formula is C17H25N5O. The Hall–Kier alpha value is -1.79. The summed E-state index contributed by atoms with van der Waals surface area (Å²) in [7, 11) is 1.70. The molecule has 3 rings (SSSR count). The predicted octanol–water partition coefficient (Wildman–Crippen LogP) is 2.14. The van der Waals surface area contributed by atoms with Crippen LogP contribution in [0.25, 0.3) is 0 Å². The summed E-state index contributed by atoms with van der Waals surface area (Å²) in [5.41, 5.74) is 1.25.